The Balaban J connectivity index is 2.07. The number of hydrogen-bond acceptors (Lipinski definition) is 3. The first kappa shape index (κ1) is 15.9. The van der Waals surface area contributed by atoms with Crippen LogP contribution in [0.1, 0.15) is 24.7 Å². The Hall–Kier alpha value is -1.53. The SMILES string of the molecule is CCNCc1c(COCCC(F)(F)F)oc2ccccc12. The predicted molar refractivity (Wildman–Crippen MR) is 73.9 cm³/mol. The van der Waals surface area contributed by atoms with Gasteiger partial charge in [0.25, 0.3) is 0 Å². The van der Waals surface area contributed by atoms with Crippen LogP contribution in [0.15, 0.2) is 28.7 Å². The van der Waals surface area contributed by atoms with E-state index < -0.39 is 12.6 Å². The Morgan fingerprint density at radius 3 is 2.71 bits per heavy atom. The summed E-state index contributed by atoms with van der Waals surface area (Å²) in [4.78, 5) is 0. The molecule has 0 saturated carbocycles. The van der Waals surface area contributed by atoms with Gasteiger partial charge >= 0.3 is 6.18 Å². The summed E-state index contributed by atoms with van der Waals surface area (Å²) < 4.78 is 47.0. The third-order valence-electron chi connectivity index (χ3n) is 3.10. The van der Waals surface area contributed by atoms with Crippen molar-refractivity contribution < 1.29 is 22.3 Å². The van der Waals surface area contributed by atoms with Gasteiger partial charge in [-0.15, -0.1) is 0 Å². The quantitative estimate of drug-likeness (QED) is 0.785. The first-order chi connectivity index (χ1) is 10.0. The van der Waals surface area contributed by atoms with Gasteiger partial charge in [0.05, 0.1) is 13.0 Å². The van der Waals surface area contributed by atoms with Gasteiger partial charge in [-0.25, -0.2) is 0 Å². The van der Waals surface area contributed by atoms with Crippen LogP contribution in [-0.4, -0.2) is 19.3 Å². The lowest BCUT2D eigenvalue weighted by Gasteiger charge is -2.07. The number of para-hydroxylation sites is 1. The van der Waals surface area contributed by atoms with Crippen LogP contribution in [0.2, 0.25) is 0 Å². The molecule has 1 N–H and O–H groups in total. The zero-order chi connectivity index (χ0) is 15.3. The zero-order valence-electron chi connectivity index (χ0n) is 11.8. The molecule has 0 saturated heterocycles. The Labute approximate surface area is 121 Å². The molecule has 2 aromatic rings. The van der Waals surface area contributed by atoms with Crippen LogP contribution in [0.3, 0.4) is 0 Å². The first-order valence-corrected chi connectivity index (χ1v) is 6.85. The highest BCUT2D eigenvalue weighted by Gasteiger charge is 2.26. The van der Waals surface area contributed by atoms with E-state index >= 15 is 0 Å². The van der Waals surface area contributed by atoms with Crippen molar-refractivity contribution in [2.75, 3.05) is 13.2 Å². The molecule has 1 aromatic carbocycles. The summed E-state index contributed by atoms with van der Waals surface area (Å²) in [5.41, 5.74) is 1.67. The normalized spacial score (nSPS) is 12.2. The van der Waals surface area contributed by atoms with Gasteiger partial charge in [0, 0.05) is 17.5 Å². The molecule has 2 rings (SSSR count). The third kappa shape index (κ3) is 4.47. The zero-order valence-corrected chi connectivity index (χ0v) is 11.8. The Kier molecular flexibility index (Phi) is 5.25. The van der Waals surface area contributed by atoms with Crippen LogP contribution in [0, 0.1) is 0 Å². The second kappa shape index (κ2) is 6.95. The first-order valence-electron chi connectivity index (χ1n) is 6.85. The Morgan fingerprint density at radius 1 is 1.24 bits per heavy atom. The molecule has 1 heterocycles. The highest BCUT2D eigenvalue weighted by Crippen LogP contribution is 2.27. The maximum absolute atomic E-state index is 12.1. The van der Waals surface area contributed by atoms with E-state index in [0.29, 0.717) is 12.3 Å². The average molecular weight is 301 g/mol. The Morgan fingerprint density at radius 2 is 2.00 bits per heavy atom. The molecule has 0 spiro atoms. The summed E-state index contributed by atoms with van der Waals surface area (Å²) in [5, 5.41) is 4.17. The summed E-state index contributed by atoms with van der Waals surface area (Å²) in [5.74, 6) is 0.583. The van der Waals surface area contributed by atoms with E-state index in [4.69, 9.17) is 9.15 Å². The molecular formula is C15H18F3NO2. The van der Waals surface area contributed by atoms with E-state index in [2.05, 4.69) is 5.32 Å². The van der Waals surface area contributed by atoms with Crippen LogP contribution in [0.4, 0.5) is 13.2 Å². The molecule has 0 bridgehead atoms. The average Bonchev–Trinajstić information content (AvgIpc) is 2.78. The fourth-order valence-corrected chi connectivity index (χ4v) is 2.06. The molecule has 0 radical (unpaired) electrons. The maximum atomic E-state index is 12.1. The highest BCUT2D eigenvalue weighted by atomic mass is 19.4. The minimum Gasteiger partial charge on any atom is -0.458 e. The third-order valence-corrected chi connectivity index (χ3v) is 3.10. The van der Waals surface area contributed by atoms with Crippen LogP contribution < -0.4 is 5.32 Å². The number of rotatable bonds is 7. The minimum atomic E-state index is -4.19. The predicted octanol–water partition coefficient (Wildman–Crippen LogP) is 4.01. The van der Waals surface area contributed by atoms with Crippen molar-refractivity contribution in [1.82, 2.24) is 5.32 Å². The summed E-state index contributed by atoms with van der Waals surface area (Å²) in [6, 6.07) is 7.54. The lowest BCUT2D eigenvalue weighted by atomic mass is 10.1. The molecule has 0 aliphatic heterocycles. The number of hydrogen-bond donors (Lipinski definition) is 1. The van der Waals surface area contributed by atoms with Crippen molar-refractivity contribution >= 4 is 11.0 Å². The molecule has 6 heteroatoms. The van der Waals surface area contributed by atoms with E-state index in [9.17, 15) is 13.2 Å². The lowest BCUT2D eigenvalue weighted by molar-refractivity contribution is -0.146. The summed E-state index contributed by atoms with van der Waals surface area (Å²) in [6.45, 7) is 3.08. The van der Waals surface area contributed by atoms with E-state index in [-0.39, 0.29) is 13.2 Å². The van der Waals surface area contributed by atoms with Crippen LogP contribution in [0.5, 0.6) is 0 Å². The number of fused-ring (bicyclic) bond motifs is 1. The second-order valence-electron chi connectivity index (χ2n) is 4.70. The standard InChI is InChI=1S/C15H18F3NO2/c1-2-19-9-12-11-5-3-4-6-13(11)21-14(12)10-20-8-7-15(16,17)18/h3-6,19H,2,7-10H2,1H3. The number of halogens is 3. The van der Waals surface area contributed by atoms with Gasteiger partial charge in [0.1, 0.15) is 18.0 Å². The van der Waals surface area contributed by atoms with E-state index in [1.807, 2.05) is 31.2 Å². The molecule has 21 heavy (non-hydrogen) atoms. The smallest absolute Gasteiger partial charge is 0.391 e. The van der Waals surface area contributed by atoms with Crippen molar-refractivity contribution in [3.8, 4) is 0 Å². The number of benzene rings is 1. The van der Waals surface area contributed by atoms with Crippen LogP contribution in [0.25, 0.3) is 11.0 Å². The van der Waals surface area contributed by atoms with Crippen molar-refractivity contribution in [3.05, 3.63) is 35.6 Å². The van der Waals surface area contributed by atoms with Gasteiger partial charge in [-0.05, 0) is 12.6 Å². The largest absolute Gasteiger partial charge is 0.458 e. The summed E-state index contributed by atoms with van der Waals surface area (Å²) in [6.07, 6.45) is -5.14. The molecule has 0 atom stereocenters. The molecule has 1 aromatic heterocycles. The monoisotopic (exact) mass is 301 g/mol. The van der Waals surface area contributed by atoms with E-state index in [1.165, 1.54) is 0 Å². The van der Waals surface area contributed by atoms with Gasteiger partial charge in [-0.3, -0.25) is 0 Å². The van der Waals surface area contributed by atoms with Crippen molar-refractivity contribution in [1.29, 1.82) is 0 Å². The molecule has 0 aliphatic rings. The number of nitrogens with one attached hydrogen (secondary N) is 1. The lowest BCUT2D eigenvalue weighted by Crippen LogP contribution is -2.14. The minimum absolute atomic E-state index is 0.0471. The fraction of sp³-hybridized carbons (Fsp3) is 0.467. The maximum Gasteiger partial charge on any atom is 0.391 e. The number of alkyl halides is 3. The number of ether oxygens (including phenoxy) is 1. The van der Waals surface area contributed by atoms with Gasteiger partial charge in [-0.2, -0.15) is 13.2 Å². The molecule has 0 fully saturated rings. The summed E-state index contributed by atoms with van der Waals surface area (Å²) in [7, 11) is 0. The topological polar surface area (TPSA) is 34.4 Å². The van der Waals surface area contributed by atoms with Crippen molar-refractivity contribution in [3.63, 3.8) is 0 Å². The van der Waals surface area contributed by atoms with Crippen LogP contribution in [-0.2, 0) is 17.9 Å². The second-order valence-corrected chi connectivity index (χ2v) is 4.70. The molecular weight excluding hydrogens is 283 g/mol. The molecule has 0 amide bonds. The fourth-order valence-electron chi connectivity index (χ4n) is 2.06. The number of furan rings is 1. The van der Waals surface area contributed by atoms with Crippen LogP contribution >= 0.6 is 0 Å². The van der Waals surface area contributed by atoms with Crippen molar-refractivity contribution in [2.24, 2.45) is 0 Å². The van der Waals surface area contributed by atoms with E-state index in [1.54, 1.807) is 0 Å². The summed E-state index contributed by atoms with van der Waals surface area (Å²) >= 11 is 0. The molecule has 3 nitrogen and oxygen atoms in total. The van der Waals surface area contributed by atoms with Gasteiger partial charge in [0.2, 0.25) is 0 Å². The van der Waals surface area contributed by atoms with Gasteiger partial charge < -0.3 is 14.5 Å². The molecule has 0 aliphatic carbocycles. The Bertz CT molecular complexity index is 578. The van der Waals surface area contributed by atoms with Crippen molar-refractivity contribution in [2.45, 2.75) is 32.7 Å². The molecule has 0 unspecified atom stereocenters. The van der Waals surface area contributed by atoms with Gasteiger partial charge in [-0.1, -0.05) is 25.1 Å². The highest BCUT2D eigenvalue weighted by molar-refractivity contribution is 5.82. The molecule has 116 valence electrons. The van der Waals surface area contributed by atoms with Gasteiger partial charge in [0.15, 0.2) is 0 Å². The van der Waals surface area contributed by atoms with E-state index in [0.717, 1.165) is 23.1 Å².